The number of methoxy groups -OCH3 is 1. The van der Waals surface area contributed by atoms with Gasteiger partial charge in [0.1, 0.15) is 11.5 Å². The first-order valence-electron chi connectivity index (χ1n) is 6.11. The second kappa shape index (κ2) is 5.64. The summed E-state index contributed by atoms with van der Waals surface area (Å²) in [5.74, 6) is 3.84. The lowest BCUT2D eigenvalue weighted by Gasteiger charge is -2.27. The van der Waals surface area contributed by atoms with E-state index in [0.717, 1.165) is 6.08 Å². The first-order valence-corrected chi connectivity index (χ1v) is 6.11. The Morgan fingerprint density at radius 1 is 1.41 bits per heavy atom. The summed E-state index contributed by atoms with van der Waals surface area (Å²) in [4.78, 5) is 11.1. The first-order chi connectivity index (χ1) is 10.3. The molecule has 0 radical (unpaired) electrons. The zero-order chi connectivity index (χ0) is 16.5. The summed E-state index contributed by atoms with van der Waals surface area (Å²) in [6.45, 7) is 1.59. The smallest absolute Gasteiger partial charge is 0.430 e. The third-order valence-corrected chi connectivity index (χ3v) is 2.97. The molecule has 1 heterocycles. The number of carboxylic acid groups (broad SMARTS) is 1. The van der Waals surface area contributed by atoms with Crippen LogP contribution in [-0.2, 0) is 4.79 Å². The molecule has 22 heavy (non-hydrogen) atoms. The van der Waals surface area contributed by atoms with Crippen LogP contribution >= 0.6 is 0 Å². The zero-order valence-electron chi connectivity index (χ0n) is 11.6. The molecule has 7 heteroatoms. The number of alkyl halides is 3. The molecule has 0 aromatic heterocycles. The van der Waals surface area contributed by atoms with Crippen LogP contribution in [0.3, 0.4) is 0 Å². The van der Waals surface area contributed by atoms with Crippen LogP contribution in [0.2, 0.25) is 0 Å². The van der Waals surface area contributed by atoms with Gasteiger partial charge in [-0.3, -0.25) is 0 Å². The summed E-state index contributed by atoms with van der Waals surface area (Å²) in [6.07, 6.45) is -6.42. The van der Waals surface area contributed by atoms with Crippen LogP contribution in [0.1, 0.15) is 18.1 Å². The average molecular weight is 312 g/mol. The van der Waals surface area contributed by atoms with Crippen LogP contribution in [0.15, 0.2) is 17.7 Å². The summed E-state index contributed by atoms with van der Waals surface area (Å²) in [6, 6.07) is 2.70. The fourth-order valence-corrected chi connectivity index (χ4v) is 2.04. The molecule has 1 aromatic carbocycles. The maximum absolute atomic E-state index is 12.9. The third-order valence-electron chi connectivity index (χ3n) is 2.97. The lowest BCUT2D eigenvalue weighted by molar-refractivity contribution is -0.187. The van der Waals surface area contributed by atoms with E-state index in [9.17, 15) is 18.0 Å². The number of hydrogen-bond acceptors (Lipinski definition) is 3. The van der Waals surface area contributed by atoms with Crippen molar-refractivity contribution in [2.24, 2.45) is 0 Å². The Kier molecular flexibility index (Phi) is 4.04. The molecule has 1 unspecified atom stereocenters. The van der Waals surface area contributed by atoms with Crippen molar-refractivity contribution in [3.8, 4) is 23.3 Å². The van der Waals surface area contributed by atoms with E-state index in [1.165, 1.54) is 19.2 Å². The second-order valence-corrected chi connectivity index (χ2v) is 4.41. The van der Waals surface area contributed by atoms with Crippen LogP contribution in [0.4, 0.5) is 13.2 Å². The van der Waals surface area contributed by atoms with E-state index in [-0.39, 0.29) is 17.1 Å². The summed E-state index contributed by atoms with van der Waals surface area (Å²) in [7, 11) is 1.35. The Hall–Kier alpha value is -2.62. The van der Waals surface area contributed by atoms with Crippen molar-refractivity contribution < 1.29 is 32.5 Å². The van der Waals surface area contributed by atoms with Crippen molar-refractivity contribution in [3.63, 3.8) is 0 Å². The predicted molar refractivity (Wildman–Crippen MR) is 71.6 cm³/mol. The van der Waals surface area contributed by atoms with Gasteiger partial charge in [-0.15, -0.1) is 5.92 Å². The summed E-state index contributed by atoms with van der Waals surface area (Å²) < 4.78 is 48.7. The molecular weight excluding hydrogens is 301 g/mol. The fraction of sp³-hybridized carbons (Fsp3) is 0.267. The molecule has 1 aliphatic rings. The minimum Gasteiger partial charge on any atom is -0.495 e. The Bertz CT molecular complexity index is 708. The van der Waals surface area contributed by atoms with E-state index in [0.29, 0.717) is 5.56 Å². The fourth-order valence-electron chi connectivity index (χ4n) is 2.04. The third kappa shape index (κ3) is 2.86. The number of fused-ring (bicyclic) bond motifs is 1. The number of benzene rings is 1. The number of hydrogen-bond donors (Lipinski definition) is 1. The average Bonchev–Trinajstić information content (AvgIpc) is 2.44. The topological polar surface area (TPSA) is 55.8 Å². The first kappa shape index (κ1) is 15.8. The van der Waals surface area contributed by atoms with Gasteiger partial charge < -0.3 is 14.6 Å². The van der Waals surface area contributed by atoms with Gasteiger partial charge in [0.2, 0.25) is 6.10 Å². The summed E-state index contributed by atoms with van der Waals surface area (Å²) in [5.41, 5.74) is -0.240. The van der Waals surface area contributed by atoms with E-state index in [4.69, 9.17) is 14.6 Å². The maximum Gasteiger partial charge on any atom is 0.430 e. The molecule has 0 amide bonds. The van der Waals surface area contributed by atoms with Crippen LogP contribution in [0.25, 0.3) is 6.08 Å². The molecule has 2 rings (SSSR count). The van der Waals surface area contributed by atoms with Crippen molar-refractivity contribution in [2.45, 2.75) is 19.2 Å². The molecule has 0 bridgehead atoms. The van der Waals surface area contributed by atoms with Gasteiger partial charge >= 0.3 is 12.1 Å². The second-order valence-electron chi connectivity index (χ2n) is 4.41. The van der Waals surface area contributed by atoms with Gasteiger partial charge in [0.25, 0.3) is 0 Å². The highest BCUT2D eigenvalue weighted by atomic mass is 19.4. The number of carboxylic acids is 1. The number of halogens is 3. The minimum absolute atomic E-state index is 0.106. The molecule has 0 saturated carbocycles. The molecule has 0 spiro atoms. The van der Waals surface area contributed by atoms with E-state index >= 15 is 0 Å². The molecule has 0 saturated heterocycles. The standard InChI is InChI=1S/C15H11F3O4/c1-3-4-8-5-9-6-10(14(19)20)13(15(16,17)18)22-12(9)7-11(8)21-2/h5-7,13H,1-2H3,(H,19,20). The van der Waals surface area contributed by atoms with Gasteiger partial charge in [-0.05, 0) is 19.1 Å². The highest BCUT2D eigenvalue weighted by Crippen LogP contribution is 2.39. The maximum atomic E-state index is 12.9. The van der Waals surface area contributed by atoms with Crippen molar-refractivity contribution >= 4 is 12.0 Å². The lowest BCUT2D eigenvalue weighted by atomic mass is 9.99. The quantitative estimate of drug-likeness (QED) is 0.853. The largest absolute Gasteiger partial charge is 0.495 e. The molecule has 0 fully saturated rings. The SMILES string of the molecule is CC#Cc1cc2c(cc1OC)OC(C(F)(F)F)C(C(=O)O)=C2. The van der Waals surface area contributed by atoms with Gasteiger partial charge in [0.15, 0.2) is 0 Å². The van der Waals surface area contributed by atoms with Gasteiger partial charge in [-0.2, -0.15) is 13.2 Å². The molecule has 1 atom stereocenters. The van der Waals surface area contributed by atoms with Crippen LogP contribution in [-0.4, -0.2) is 30.5 Å². The molecule has 116 valence electrons. The van der Waals surface area contributed by atoms with Gasteiger partial charge in [0, 0.05) is 11.6 Å². The summed E-state index contributed by atoms with van der Waals surface area (Å²) in [5, 5.41) is 8.97. The van der Waals surface area contributed by atoms with E-state index in [1.807, 2.05) is 0 Å². The van der Waals surface area contributed by atoms with Gasteiger partial charge in [-0.25, -0.2) is 4.79 Å². The monoisotopic (exact) mass is 312 g/mol. The number of aliphatic carboxylic acids is 1. The number of ether oxygens (including phenoxy) is 2. The van der Waals surface area contributed by atoms with Crippen molar-refractivity contribution in [2.75, 3.05) is 7.11 Å². The van der Waals surface area contributed by atoms with Crippen LogP contribution in [0.5, 0.6) is 11.5 Å². The highest BCUT2D eigenvalue weighted by molar-refractivity contribution is 5.95. The molecule has 4 nitrogen and oxygen atoms in total. The lowest BCUT2D eigenvalue weighted by Crippen LogP contribution is -2.40. The molecule has 1 aliphatic heterocycles. The predicted octanol–water partition coefficient (Wildman–Crippen LogP) is 2.86. The Morgan fingerprint density at radius 2 is 2.09 bits per heavy atom. The van der Waals surface area contributed by atoms with E-state index in [1.54, 1.807) is 6.92 Å². The van der Waals surface area contributed by atoms with Gasteiger partial charge in [0.05, 0.1) is 18.2 Å². The highest BCUT2D eigenvalue weighted by Gasteiger charge is 2.48. The van der Waals surface area contributed by atoms with Crippen molar-refractivity contribution in [1.29, 1.82) is 0 Å². The summed E-state index contributed by atoms with van der Waals surface area (Å²) >= 11 is 0. The van der Waals surface area contributed by atoms with Crippen LogP contribution in [0, 0.1) is 11.8 Å². The van der Waals surface area contributed by atoms with Crippen molar-refractivity contribution in [3.05, 3.63) is 28.8 Å². The Labute approximate surface area is 124 Å². The molecular formula is C15H11F3O4. The van der Waals surface area contributed by atoms with E-state index < -0.39 is 23.8 Å². The minimum atomic E-state index is -4.84. The molecule has 1 N–H and O–H groups in total. The van der Waals surface area contributed by atoms with Crippen LogP contribution < -0.4 is 9.47 Å². The van der Waals surface area contributed by atoms with E-state index in [2.05, 4.69) is 11.8 Å². The Morgan fingerprint density at radius 3 is 2.59 bits per heavy atom. The number of carbonyl (C=O) groups is 1. The Balaban J connectivity index is 2.62. The number of rotatable bonds is 2. The van der Waals surface area contributed by atoms with Gasteiger partial charge in [-0.1, -0.05) is 5.92 Å². The van der Waals surface area contributed by atoms with Crippen molar-refractivity contribution in [1.82, 2.24) is 0 Å². The molecule has 0 aliphatic carbocycles. The molecule has 1 aromatic rings. The normalized spacial score (nSPS) is 16.6. The zero-order valence-corrected chi connectivity index (χ0v) is 11.6.